The molecule has 0 bridgehead atoms. The van der Waals surface area contributed by atoms with E-state index in [0.29, 0.717) is 42.0 Å². The van der Waals surface area contributed by atoms with Crippen LogP contribution in [-0.2, 0) is 4.79 Å². The number of H-pyrrole nitrogens is 1. The lowest BCUT2D eigenvalue weighted by Gasteiger charge is -2.36. The van der Waals surface area contributed by atoms with E-state index in [0.717, 1.165) is 5.69 Å². The first-order valence-electron chi connectivity index (χ1n) is 9.70. The van der Waals surface area contributed by atoms with Gasteiger partial charge in [0.25, 0.3) is 11.5 Å². The van der Waals surface area contributed by atoms with E-state index in [2.05, 4.69) is 15.2 Å². The molecule has 1 fully saturated rings. The number of aromatic amines is 1. The molecule has 2 aromatic carbocycles. The quantitative estimate of drug-likeness (QED) is 0.672. The van der Waals surface area contributed by atoms with Crippen molar-refractivity contribution in [1.82, 2.24) is 15.2 Å². The van der Waals surface area contributed by atoms with Gasteiger partial charge in [-0.2, -0.15) is 0 Å². The Hall–Kier alpha value is -3.32. The Bertz CT molecular complexity index is 1150. The third-order valence-electron chi connectivity index (χ3n) is 5.20. The maximum absolute atomic E-state index is 12.5. The Kier molecular flexibility index (Phi) is 5.72. The van der Waals surface area contributed by atoms with Crippen molar-refractivity contribution in [3.8, 4) is 0 Å². The van der Waals surface area contributed by atoms with Crippen molar-refractivity contribution in [1.29, 1.82) is 0 Å². The molecule has 1 aromatic heterocycles. The lowest BCUT2D eigenvalue weighted by molar-refractivity contribution is -0.130. The van der Waals surface area contributed by atoms with Gasteiger partial charge in [0.1, 0.15) is 5.69 Å². The zero-order valence-electron chi connectivity index (χ0n) is 16.2. The zero-order chi connectivity index (χ0) is 21.1. The Morgan fingerprint density at radius 3 is 2.53 bits per heavy atom. The fourth-order valence-electron chi connectivity index (χ4n) is 3.58. The van der Waals surface area contributed by atoms with Gasteiger partial charge in [-0.25, -0.2) is 0 Å². The summed E-state index contributed by atoms with van der Waals surface area (Å²) in [6.07, 6.45) is 0. The summed E-state index contributed by atoms with van der Waals surface area (Å²) in [5.74, 6) is -0.638. The van der Waals surface area contributed by atoms with Crippen molar-refractivity contribution in [2.45, 2.75) is 0 Å². The minimum Gasteiger partial charge on any atom is -0.368 e. The van der Waals surface area contributed by atoms with E-state index in [1.165, 1.54) is 0 Å². The first-order valence-corrected chi connectivity index (χ1v) is 10.1. The summed E-state index contributed by atoms with van der Waals surface area (Å²) in [5.41, 5.74) is 0.835. The van der Waals surface area contributed by atoms with E-state index in [-0.39, 0.29) is 23.7 Å². The fourth-order valence-corrected chi connectivity index (χ4v) is 3.77. The Morgan fingerprint density at radius 1 is 1.00 bits per heavy atom. The number of carbonyl (C=O) groups is 2. The molecule has 4 rings (SSSR count). The number of halogens is 1. The molecule has 7 nitrogen and oxygen atoms in total. The summed E-state index contributed by atoms with van der Waals surface area (Å²) in [5, 5.41) is 4.48. The summed E-state index contributed by atoms with van der Waals surface area (Å²) in [7, 11) is 0. The Balaban J connectivity index is 1.33. The zero-order valence-corrected chi connectivity index (χ0v) is 17.0. The monoisotopic (exact) mass is 424 g/mol. The van der Waals surface area contributed by atoms with Crippen LogP contribution in [0.1, 0.15) is 10.5 Å². The maximum Gasteiger partial charge on any atom is 0.268 e. The van der Waals surface area contributed by atoms with E-state index in [1.54, 1.807) is 35.2 Å². The summed E-state index contributed by atoms with van der Waals surface area (Å²) in [4.78, 5) is 43.5. The van der Waals surface area contributed by atoms with Gasteiger partial charge in [0.15, 0.2) is 0 Å². The molecule has 0 aliphatic carbocycles. The second kappa shape index (κ2) is 8.59. The SMILES string of the molecule is O=C(NCC(=O)N1CCN(c2cccc(Cl)c2)CC1)c1cc2ccccc2c(=O)[nH]1. The molecule has 0 saturated carbocycles. The summed E-state index contributed by atoms with van der Waals surface area (Å²) >= 11 is 6.05. The second-order valence-electron chi connectivity index (χ2n) is 7.13. The lowest BCUT2D eigenvalue weighted by Crippen LogP contribution is -2.51. The van der Waals surface area contributed by atoms with E-state index >= 15 is 0 Å². The van der Waals surface area contributed by atoms with Crippen molar-refractivity contribution >= 4 is 39.9 Å². The highest BCUT2D eigenvalue weighted by Crippen LogP contribution is 2.20. The van der Waals surface area contributed by atoms with Gasteiger partial charge in [0, 0.05) is 42.3 Å². The highest BCUT2D eigenvalue weighted by Gasteiger charge is 2.22. The largest absolute Gasteiger partial charge is 0.368 e. The van der Waals surface area contributed by atoms with Gasteiger partial charge in [-0.3, -0.25) is 14.4 Å². The van der Waals surface area contributed by atoms with Crippen LogP contribution in [0, 0.1) is 0 Å². The van der Waals surface area contributed by atoms with Gasteiger partial charge in [-0.15, -0.1) is 0 Å². The number of aromatic nitrogens is 1. The van der Waals surface area contributed by atoms with Crippen molar-refractivity contribution < 1.29 is 9.59 Å². The molecule has 0 radical (unpaired) electrons. The lowest BCUT2D eigenvalue weighted by atomic mass is 10.1. The highest BCUT2D eigenvalue weighted by atomic mass is 35.5. The third kappa shape index (κ3) is 4.31. The smallest absolute Gasteiger partial charge is 0.268 e. The number of hydrogen-bond donors (Lipinski definition) is 2. The van der Waals surface area contributed by atoms with Crippen LogP contribution < -0.4 is 15.8 Å². The minimum atomic E-state index is -0.483. The number of amides is 2. The van der Waals surface area contributed by atoms with Gasteiger partial charge in [-0.1, -0.05) is 35.9 Å². The number of pyridine rings is 1. The molecule has 0 spiro atoms. The number of fused-ring (bicyclic) bond motifs is 1. The molecule has 30 heavy (non-hydrogen) atoms. The molecular formula is C22H21ClN4O3. The van der Waals surface area contributed by atoms with E-state index < -0.39 is 5.91 Å². The van der Waals surface area contributed by atoms with Crippen LogP contribution in [0.3, 0.4) is 0 Å². The Labute approximate surface area is 178 Å². The van der Waals surface area contributed by atoms with Crippen LogP contribution in [0.2, 0.25) is 5.02 Å². The average Bonchev–Trinajstić information content (AvgIpc) is 2.77. The van der Waals surface area contributed by atoms with Gasteiger partial charge in [0.05, 0.1) is 6.54 Å². The number of hydrogen-bond acceptors (Lipinski definition) is 4. The average molecular weight is 425 g/mol. The molecular weight excluding hydrogens is 404 g/mol. The Morgan fingerprint density at radius 2 is 1.77 bits per heavy atom. The molecule has 8 heteroatoms. The van der Waals surface area contributed by atoms with Crippen LogP contribution >= 0.6 is 11.6 Å². The molecule has 1 aliphatic heterocycles. The highest BCUT2D eigenvalue weighted by molar-refractivity contribution is 6.30. The van der Waals surface area contributed by atoms with E-state index in [4.69, 9.17) is 11.6 Å². The molecule has 1 saturated heterocycles. The number of carbonyl (C=O) groups excluding carboxylic acids is 2. The van der Waals surface area contributed by atoms with Crippen molar-refractivity contribution in [3.63, 3.8) is 0 Å². The van der Waals surface area contributed by atoms with Gasteiger partial charge < -0.3 is 20.1 Å². The van der Waals surface area contributed by atoms with Crippen molar-refractivity contribution in [2.24, 2.45) is 0 Å². The number of rotatable bonds is 4. The summed E-state index contributed by atoms with van der Waals surface area (Å²) in [6, 6.07) is 16.3. The molecule has 0 atom stereocenters. The molecule has 3 aromatic rings. The third-order valence-corrected chi connectivity index (χ3v) is 5.44. The number of piperazine rings is 1. The van der Waals surface area contributed by atoms with E-state index in [1.807, 2.05) is 24.3 Å². The normalized spacial score (nSPS) is 14.0. The molecule has 2 N–H and O–H groups in total. The predicted octanol–water partition coefficient (Wildman–Crippen LogP) is 2.26. The van der Waals surface area contributed by atoms with E-state index in [9.17, 15) is 14.4 Å². The predicted molar refractivity (Wildman–Crippen MR) is 117 cm³/mol. The van der Waals surface area contributed by atoms with Crippen LogP contribution in [-0.4, -0.2) is 54.4 Å². The van der Waals surface area contributed by atoms with Crippen molar-refractivity contribution in [3.05, 3.63) is 75.7 Å². The van der Waals surface area contributed by atoms with Crippen LogP contribution in [0.5, 0.6) is 0 Å². The molecule has 0 unspecified atom stereocenters. The second-order valence-corrected chi connectivity index (χ2v) is 7.57. The van der Waals surface area contributed by atoms with Gasteiger partial charge in [-0.05, 0) is 35.7 Å². The first-order chi connectivity index (χ1) is 14.5. The molecule has 2 heterocycles. The number of nitrogens with zero attached hydrogens (tertiary/aromatic N) is 2. The van der Waals surface area contributed by atoms with Gasteiger partial charge in [0.2, 0.25) is 5.91 Å². The number of anilines is 1. The van der Waals surface area contributed by atoms with Crippen molar-refractivity contribution in [2.75, 3.05) is 37.6 Å². The molecule has 2 amide bonds. The summed E-state index contributed by atoms with van der Waals surface area (Å²) in [6.45, 7) is 2.39. The van der Waals surface area contributed by atoms with Crippen LogP contribution in [0.25, 0.3) is 10.8 Å². The standard InChI is InChI=1S/C22H21ClN4O3/c23-16-5-3-6-17(13-16)26-8-10-27(11-9-26)20(28)14-24-22(30)19-12-15-4-1-2-7-18(15)21(29)25-19/h1-7,12-13H,8-11,14H2,(H,24,30)(H,25,29). The topological polar surface area (TPSA) is 85.5 Å². The first kappa shape index (κ1) is 20.0. The summed E-state index contributed by atoms with van der Waals surface area (Å²) < 4.78 is 0. The van der Waals surface area contributed by atoms with Crippen LogP contribution in [0.15, 0.2) is 59.4 Å². The minimum absolute atomic E-state index is 0.120. The fraction of sp³-hybridized carbons (Fsp3) is 0.227. The maximum atomic E-state index is 12.5. The van der Waals surface area contributed by atoms with Gasteiger partial charge >= 0.3 is 0 Å². The number of benzene rings is 2. The molecule has 154 valence electrons. The molecule has 1 aliphatic rings. The van der Waals surface area contributed by atoms with Crippen LogP contribution in [0.4, 0.5) is 5.69 Å². The number of nitrogens with one attached hydrogen (secondary N) is 2.